The van der Waals surface area contributed by atoms with Crippen LogP contribution < -0.4 is 10.4 Å². The molecule has 0 unspecified atom stereocenters. The van der Waals surface area contributed by atoms with E-state index in [-0.39, 0.29) is 21.7 Å². The number of anilines is 2. The molecule has 2 rings (SSSR count). The summed E-state index contributed by atoms with van der Waals surface area (Å²) in [5, 5.41) is 28.5. The van der Waals surface area contributed by atoms with Crippen LogP contribution in [0.2, 0.25) is 0 Å². The van der Waals surface area contributed by atoms with E-state index in [9.17, 15) is 9.60 Å². The van der Waals surface area contributed by atoms with Gasteiger partial charge in [-0.1, -0.05) is 0 Å². The van der Waals surface area contributed by atoms with Crippen molar-refractivity contribution in [2.45, 2.75) is 0 Å². The fraction of sp³-hybridized carbons (Fsp3) is 0.250. The van der Waals surface area contributed by atoms with Gasteiger partial charge in [-0.25, -0.2) is 14.1 Å². The first-order chi connectivity index (χ1) is 10.5. The Morgan fingerprint density at radius 2 is 2.32 bits per heavy atom. The average Bonchev–Trinajstić information content (AvgIpc) is 2.97. The molecule has 1 aromatic heterocycles. The van der Waals surface area contributed by atoms with Gasteiger partial charge in [0, 0.05) is 19.7 Å². The van der Waals surface area contributed by atoms with E-state index < -0.39 is 11.7 Å². The van der Waals surface area contributed by atoms with Crippen molar-refractivity contribution < 1.29 is 19.0 Å². The largest absolute Gasteiger partial charge is 0.383 e. The molecule has 0 fully saturated rings. The van der Waals surface area contributed by atoms with Crippen LogP contribution in [0, 0.1) is 11.2 Å². The van der Waals surface area contributed by atoms with Crippen LogP contribution >= 0.6 is 15.9 Å². The quantitative estimate of drug-likeness (QED) is 0.308. The number of halogens is 2. The van der Waals surface area contributed by atoms with Crippen molar-refractivity contribution in [3.8, 4) is 0 Å². The fourth-order valence-electron chi connectivity index (χ4n) is 1.58. The summed E-state index contributed by atoms with van der Waals surface area (Å²) < 4.78 is 23.2. The molecular formula is C12H13BrFN5O3. The minimum atomic E-state index is -0.568. The van der Waals surface area contributed by atoms with E-state index in [1.54, 1.807) is 7.11 Å². The van der Waals surface area contributed by atoms with Gasteiger partial charge in [-0.2, -0.15) is 0 Å². The highest BCUT2D eigenvalue weighted by atomic mass is 79.9. The molecule has 2 aromatic rings. The van der Waals surface area contributed by atoms with E-state index >= 15 is 0 Å². The van der Waals surface area contributed by atoms with Crippen LogP contribution in [0.15, 0.2) is 27.3 Å². The standard InChI is InChI=1S/C12H13BrFN5O3/c1-21-5-4-16-12-10(17-22-18-12)11(15)19(20)7-2-3-8(13)9(14)6-7/h2-3,6,15,20H,4-5H2,1H3,(H,16,18). The maximum absolute atomic E-state index is 13.5. The number of benzene rings is 1. The number of hydrogen-bond acceptors (Lipinski definition) is 7. The first-order valence-electron chi connectivity index (χ1n) is 6.13. The SMILES string of the molecule is COCCNc1nonc1C(=N)N(O)c1ccc(Br)c(F)c1. The van der Waals surface area contributed by atoms with Crippen LogP contribution in [0.3, 0.4) is 0 Å². The summed E-state index contributed by atoms with van der Waals surface area (Å²) in [6, 6.07) is 3.93. The van der Waals surface area contributed by atoms with Crippen molar-refractivity contribution in [1.82, 2.24) is 10.3 Å². The molecule has 3 N–H and O–H groups in total. The predicted molar refractivity (Wildman–Crippen MR) is 79.9 cm³/mol. The molecular weight excluding hydrogens is 361 g/mol. The molecule has 10 heteroatoms. The van der Waals surface area contributed by atoms with Gasteiger partial charge in [-0.05, 0) is 38.4 Å². The molecule has 0 aliphatic carbocycles. The van der Waals surface area contributed by atoms with Crippen LogP contribution in [0.1, 0.15) is 5.69 Å². The number of ether oxygens (including phenoxy) is 1. The fourth-order valence-corrected chi connectivity index (χ4v) is 1.82. The summed E-state index contributed by atoms with van der Waals surface area (Å²) in [5.74, 6) is -0.803. The number of hydrogen-bond donors (Lipinski definition) is 3. The third-order valence-electron chi connectivity index (χ3n) is 2.67. The normalized spacial score (nSPS) is 10.5. The summed E-state index contributed by atoms with van der Waals surface area (Å²) in [4.78, 5) is 0. The molecule has 0 atom stereocenters. The highest BCUT2D eigenvalue weighted by Gasteiger charge is 2.21. The lowest BCUT2D eigenvalue weighted by molar-refractivity contribution is 0.210. The number of nitrogens with zero attached hydrogens (tertiary/aromatic N) is 3. The molecule has 8 nitrogen and oxygen atoms in total. The highest BCUT2D eigenvalue weighted by Crippen LogP contribution is 2.23. The average molecular weight is 374 g/mol. The number of amidine groups is 1. The summed E-state index contributed by atoms with van der Waals surface area (Å²) >= 11 is 3.01. The third kappa shape index (κ3) is 3.59. The van der Waals surface area contributed by atoms with Gasteiger partial charge in [-0.3, -0.25) is 10.6 Å². The Bertz CT molecular complexity index is 666. The molecule has 0 spiro atoms. The molecule has 0 radical (unpaired) electrons. The summed E-state index contributed by atoms with van der Waals surface area (Å²) in [6.07, 6.45) is 0. The van der Waals surface area contributed by atoms with Gasteiger partial charge in [-0.15, -0.1) is 0 Å². The van der Waals surface area contributed by atoms with Gasteiger partial charge in [0.15, 0.2) is 11.5 Å². The minimum absolute atomic E-state index is 0.0121. The van der Waals surface area contributed by atoms with Gasteiger partial charge in [0.2, 0.25) is 5.82 Å². The summed E-state index contributed by atoms with van der Waals surface area (Å²) in [5.41, 5.74) is 0.0541. The van der Waals surface area contributed by atoms with E-state index in [2.05, 4.69) is 36.2 Å². The van der Waals surface area contributed by atoms with Crippen molar-refractivity contribution >= 4 is 33.3 Å². The lowest BCUT2D eigenvalue weighted by Crippen LogP contribution is -2.28. The number of aromatic nitrogens is 2. The first kappa shape index (κ1) is 16.3. The first-order valence-corrected chi connectivity index (χ1v) is 6.92. The van der Waals surface area contributed by atoms with E-state index in [0.717, 1.165) is 6.07 Å². The van der Waals surface area contributed by atoms with E-state index in [0.29, 0.717) is 18.2 Å². The Kier molecular flexibility index (Phi) is 5.41. The molecule has 0 amide bonds. The second-order valence-corrected chi connectivity index (χ2v) is 4.99. The van der Waals surface area contributed by atoms with Crippen molar-refractivity contribution in [2.75, 3.05) is 30.6 Å². The second-order valence-electron chi connectivity index (χ2n) is 4.14. The van der Waals surface area contributed by atoms with Crippen LogP contribution in [-0.2, 0) is 4.74 Å². The molecule has 1 aromatic carbocycles. The lowest BCUT2D eigenvalue weighted by atomic mass is 10.3. The smallest absolute Gasteiger partial charge is 0.202 e. The molecule has 0 aliphatic heterocycles. The maximum atomic E-state index is 13.5. The molecule has 0 aliphatic rings. The Morgan fingerprint density at radius 3 is 3.00 bits per heavy atom. The van der Waals surface area contributed by atoms with Crippen molar-refractivity contribution in [3.63, 3.8) is 0 Å². The van der Waals surface area contributed by atoms with Gasteiger partial charge < -0.3 is 10.1 Å². The van der Waals surface area contributed by atoms with Crippen molar-refractivity contribution in [1.29, 1.82) is 5.41 Å². The predicted octanol–water partition coefficient (Wildman–Crippen LogP) is 2.25. The summed E-state index contributed by atoms with van der Waals surface area (Å²) in [7, 11) is 1.54. The third-order valence-corrected chi connectivity index (χ3v) is 3.31. The van der Waals surface area contributed by atoms with Gasteiger partial charge >= 0.3 is 0 Å². The van der Waals surface area contributed by atoms with Gasteiger partial charge in [0.25, 0.3) is 0 Å². The van der Waals surface area contributed by atoms with E-state index in [4.69, 9.17) is 10.1 Å². The number of methoxy groups -OCH3 is 1. The van der Waals surface area contributed by atoms with Crippen LogP contribution in [0.5, 0.6) is 0 Å². The minimum Gasteiger partial charge on any atom is -0.383 e. The molecule has 118 valence electrons. The van der Waals surface area contributed by atoms with E-state index in [1.165, 1.54) is 12.1 Å². The number of nitrogens with one attached hydrogen (secondary N) is 2. The van der Waals surface area contributed by atoms with Gasteiger partial charge in [0.1, 0.15) is 5.82 Å². The monoisotopic (exact) mass is 373 g/mol. The molecule has 0 bridgehead atoms. The Hall–Kier alpha value is -2.04. The molecule has 0 saturated carbocycles. The Balaban J connectivity index is 2.16. The van der Waals surface area contributed by atoms with Crippen LogP contribution in [-0.4, -0.2) is 41.6 Å². The molecule has 1 heterocycles. The molecule has 0 saturated heterocycles. The highest BCUT2D eigenvalue weighted by molar-refractivity contribution is 9.10. The van der Waals surface area contributed by atoms with Gasteiger partial charge in [0.05, 0.1) is 16.8 Å². The zero-order valence-corrected chi connectivity index (χ0v) is 13.1. The lowest BCUT2D eigenvalue weighted by Gasteiger charge is -2.16. The second kappa shape index (κ2) is 7.29. The van der Waals surface area contributed by atoms with Crippen LogP contribution in [0.4, 0.5) is 15.9 Å². The maximum Gasteiger partial charge on any atom is 0.202 e. The van der Waals surface area contributed by atoms with E-state index in [1.807, 2.05) is 0 Å². The van der Waals surface area contributed by atoms with Crippen LogP contribution in [0.25, 0.3) is 0 Å². The zero-order chi connectivity index (χ0) is 16.1. The van der Waals surface area contributed by atoms with Crippen molar-refractivity contribution in [3.05, 3.63) is 34.2 Å². The topological polar surface area (TPSA) is 108 Å². The Labute approximate surface area is 133 Å². The van der Waals surface area contributed by atoms with Crippen molar-refractivity contribution in [2.24, 2.45) is 0 Å². The Morgan fingerprint density at radius 1 is 1.55 bits per heavy atom. The number of hydroxylamine groups is 1. The zero-order valence-electron chi connectivity index (χ0n) is 11.5. The number of rotatable bonds is 6. The summed E-state index contributed by atoms with van der Waals surface area (Å²) in [6.45, 7) is 0.837. The molecule has 22 heavy (non-hydrogen) atoms.